The van der Waals surface area contributed by atoms with Crippen LogP contribution in [-0.2, 0) is 0 Å². The third-order valence-electron chi connectivity index (χ3n) is 3.83. The van der Waals surface area contributed by atoms with Gasteiger partial charge in [-0.05, 0) is 5.92 Å². The second kappa shape index (κ2) is 2.09. The molecule has 0 radical (unpaired) electrons. The highest BCUT2D eigenvalue weighted by Gasteiger charge is 2.79. The topological polar surface area (TPSA) is 0 Å². The van der Waals surface area contributed by atoms with Crippen molar-refractivity contribution in [3.05, 3.63) is 0 Å². The average Bonchev–Trinajstić information content (AvgIpc) is 2.11. The Hall–Kier alpha value is 0.580. The van der Waals surface area contributed by atoms with Crippen LogP contribution < -0.4 is 0 Å². The molecule has 0 saturated heterocycles. The Morgan fingerprint density at radius 1 is 1.00 bits per heavy atom. The fourth-order valence-corrected chi connectivity index (χ4v) is 3.29. The van der Waals surface area contributed by atoms with Crippen LogP contribution in [0.1, 0.15) is 34.6 Å². The summed E-state index contributed by atoms with van der Waals surface area (Å²) in [6.45, 7) is 10.8. The van der Waals surface area contributed by atoms with Crippen molar-refractivity contribution in [2.24, 2.45) is 16.7 Å². The first kappa shape index (κ1) is 9.67. The second-order valence-corrected chi connectivity index (χ2v) is 5.88. The van der Waals surface area contributed by atoms with E-state index in [4.69, 9.17) is 23.2 Å². The molecule has 1 unspecified atom stereocenters. The zero-order valence-electron chi connectivity index (χ0n) is 7.83. The molecule has 1 rings (SSSR count). The van der Waals surface area contributed by atoms with Crippen LogP contribution in [0.5, 0.6) is 0 Å². The molecule has 0 N–H and O–H groups in total. The van der Waals surface area contributed by atoms with Crippen LogP contribution in [0, 0.1) is 16.7 Å². The summed E-state index contributed by atoms with van der Waals surface area (Å²) in [6.07, 6.45) is 0. The summed E-state index contributed by atoms with van der Waals surface area (Å²) in [6, 6.07) is 0. The van der Waals surface area contributed by atoms with Crippen molar-refractivity contribution in [1.29, 1.82) is 0 Å². The maximum atomic E-state index is 6.20. The molecule has 0 spiro atoms. The Bertz CT molecular complexity index is 166. The van der Waals surface area contributed by atoms with Crippen LogP contribution in [0.15, 0.2) is 0 Å². The summed E-state index contributed by atoms with van der Waals surface area (Å²) >= 11 is 12.4. The maximum absolute atomic E-state index is 6.20. The molecule has 0 aromatic heterocycles. The van der Waals surface area contributed by atoms with Gasteiger partial charge in [-0.3, -0.25) is 0 Å². The molecule has 0 heterocycles. The van der Waals surface area contributed by atoms with E-state index in [1.54, 1.807) is 0 Å². The molecular formula is C9H16Cl2. The maximum Gasteiger partial charge on any atom is 0.130 e. The molecule has 2 heteroatoms. The van der Waals surface area contributed by atoms with Crippen LogP contribution in [0.4, 0.5) is 0 Å². The van der Waals surface area contributed by atoms with Gasteiger partial charge in [0.15, 0.2) is 0 Å². The predicted molar refractivity (Wildman–Crippen MR) is 51.2 cm³/mol. The molecule has 1 fully saturated rings. The van der Waals surface area contributed by atoms with Crippen LogP contribution in [-0.4, -0.2) is 4.33 Å². The average molecular weight is 195 g/mol. The molecule has 0 aromatic carbocycles. The van der Waals surface area contributed by atoms with E-state index < -0.39 is 4.33 Å². The molecular weight excluding hydrogens is 179 g/mol. The summed E-state index contributed by atoms with van der Waals surface area (Å²) in [4.78, 5) is 0. The van der Waals surface area contributed by atoms with Crippen LogP contribution in [0.25, 0.3) is 0 Å². The van der Waals surface area contributed by atoms with Crippen molar-refractivity contribution >= 4 is 23.2 Å². The minimum atomic E-state index is -0.534. The van der Waals surface area contributed by atoms with Gasteiger partial charge in [-0.15, -0.1) is 23.2 Å². The summed E-state index contributed by atoms with van der Waals surface area (Å²) in [5, 5.41) is 0. The normalized spacial score (nSPS) is 39.3. The largest absolute Gasteiger partial charge is 0.130 e. The van der Waals surface area contributed by atoms with Crippen molar-refractivity contribution < 1.29 is 0 Å². The van der Waals surface area contributed by atoms with Gasteiger partial charge >= 0.3 is 0 Å². The number of halogens is 2. The van der Waals surface area contributed by atoms with Crippen LogP contribution in [0.2, 0.25) is 0 Å². The first-order valence-corrected chi connectivity index (χ1v) is 4.83. The minimum Gasteiger partial charge on any atom is -0.100 e. The SMILES string of the molecule is CC(C)C1(C)C(C)(C)C1(Cl)Cl. The predicted octanol–water partition coefficient (Wildman–Crippen LogP) is 3.86. The van der Waals surface area contributed by atoms with Crippen LogP contribution in [0.3, 0.4) is 0 Å². The second-order valence-electron chi connectivity index (χ2n) is 4.56. The molecule has 0 nitrogen and oxygen atoms in total. The van der Waals surface area contributed by atoms with Gasteiger partial charge in [-0.25, -0.2) is 0 Å². The Kier molecular flexibility index (Phi) is 1.83. The van der Waals surface area contributed by atoms with E-state index in [0.717, 1.165) is 0 Å². The lowest BCUT2D eigenvalue weighted by atomic mass is 9.87. The molecule has 11 heavy (non-hydrogen) atoms. The van der Waals surface area contributed by atoms with E-state index >= 15 is 0 Å². The van der Waals surface area contributed by atoms with Gasteiger partial charge in [-0.2, -0.15) is 0 Å². The number of hydrogen-bond acceptors (Lipinski definition) is 0. The molecule has 66 valence electrons. The van der Waals surface area contributed by atoms with Gasteiger partial charge in [0, 0.05) is 10.8 Å². The van der Waals surface area contributed by atoms with E-state index in [1.807, 2.05) is 0 Å². The quantitative estimate of drug-likeness (QED) is 0.557. The Morgan fingerprint density at radius 2 is 1.27 bits per heavy atom. The van der Waals surface area contributed by atoms with Gasteiger partial charge in [-0.1, -0.05) is 34.6 Å². The van der Waals surface area contributed by atoms with E-state index in [2.05, 4.69) is 34.6 Å². The highest BCUT2D eigenvalue weighted by molar-refractivity contribution is 6.52. The van der Waals surface area contributed by atoms with Gasteiger partial charge in [0.2, 0.25) is 0 Å². The molecule has 1 aliphatic carbocycles. The van der Waals surface area contributed by atoms with E-state index in [9.17, 15) is 0 Å². The third-order valence-corrected chi connectivity index (χ3v) is 5.56. The summed E-state index contributed by atoms with van der Waals surface area (Å²) in [5.74, 6) is 0.535. The molecule has 0 aromatic rings. The molecule has 0 amide bonds. The Labute approximate surface area is 79.3 Å². The molecule has 1 aliphatic rings. The Morgan fingerprint density at radius 3 is 1.27 bits per heavy atom. The molecule has 1 saturated carbocycles. The summed E-state index contributed by atoms with van der Waals surface area (Å²) in [7, 11) is 0. The van der Waals surface area contributed by atoms with Crippen molar-refractivity contribution in [1.82, 2.24) is 0 Å². The van der Waals surface area contributed by atoms with Crippen molar-refractivity contribution in [2.75, 3.05) is 0 Å². The smallest absolute Gasteiger partial charge is 0.100 e. The zero-order valence-corrected chi connectivity index (χ0v) is 9.35. The monoisotopic (exact) mass is 194 g/mol. The lowest BCUT2D eigenvalue weighted by Crippen LogP contribution is -2.13. The minimum absolute atomic E-state index is 0.0529. The summed E-state index contributed by atoms with van der Waals surface area (Å²) < 4.78 is -0.534. The van der Waals surface area contributed by atoms with Crippen molar-refractivity contribution in [3.63, 3.8) is 0 Å². The lowest BCUT2D eigenvalue weighted by Gasteiger charge is -2.17. The van der Waals surface area contributed by atoms with Gasteiger partial charge < -0.3 is 0 Å². The fraction of sp³-hybridized carbons (Fsp3) is 1.00. The highest BCUT2D eigenvalue weighted by atomic mass is 35.5. The van der Waals surface area contributed by atoms with Crippen molar-refractivity contribution in [2.45, 2.75) is 39.0 Å². The zero-order chi connectivity index (χ0) is 9.08. The number of alkyl halides is 2. The van der Waals surface area contributed by atoms with Gasteiger partial charge in [0.1, 0.15) is 4.33 Å². The number of hydrogen-bond donors (Lipinski definition) is 0. The standard InChI is InChI=1S/C9H16Cl2/c1-6(2)8(5)7(3,4)9(8,10)11/h6H,1-5H3. The van der Waals surface area contributed by atoms with Gasteiger partial charge in [0.25, 0.3) is 0 Å². The summed E-state index contributed by atoms with van der Waals surface area (Å²) in [5.41, 5.74) is 0.125. The fourth-order valence-electron chi connectivity index (χ4n) is 2.09. The number of rotatable bonds is 1. The first-order valence-electron chi connectivity index (χ1n) is 4.07. The van der Waals surface area contributed by atoms with Crippen molar-refractivity contribution in [3.8, 4) is 0 Å². The molecule has 0 aliphatic heterocycles. The third kappa shape index (κ3) is 0.781. The van der Waals surface area contributed by atoms with E-state index in [1.165, 1.54) is 0 Å². The molecule has 0 bridgehead atoms. The Balaban J connectivity index is 2.96. The van der Waals surface area contributed by atoms with Gasteiger partial charge in [0.05, 0.1) is 0 Å². The highest BCUT2D eigenvalue weighted by Crippen LogP contribution is 2.80. The first-order chi connectivity index (χ1) is 4.69. The van der Waals surface area contributed by atoms with Crippen LogP contribution >= 0.6 is 23.2 Å². The molecule has 1 atom stereocenters. The van der Waals surface area contributed by atoms with E-state index in [0.29, 0.717) is 5.92 Å². The van der Waals surface area contributed by atoms with E-state index in [-0.39, 0.29) is 10.8 Å². The lowest BCUT2D eigenvalue weighted by molar-refractivity contribution is 0.308.